The van der Waals surface area contributed by atoms with Crippen LogP contribution in [0.3, 0.4) is 0 Å². The van der Waals surface area contributed by atoms with Gasteiger partial charge in [-0.2, -0.15) is 16.8 Å². The Morgan fingerprint density at radius 3 is 2.61 bits per heavy atom. The van der Waals surface area contributed by atoms with Crippen LogP contribution in [0, 0.1) is 13.8 Å². The summed E-state index contributed by atoms with van der Waals surface area (Å²) >= 11 is 3.26. The third-order valence-corrected chi connectivity index (χ3v) is 7.06. The Bertz CT molecular complexity index is 1120. The molecule has 5 nitrogen and oxygen atoms in total. The molecule has 31 heavy (non-hydrogen) atoms. The number of hydrogen-bond acceptors (Lipinski definition) is 5. The molecule has 0 atom stereocenters. The second-order valence-electron chi connectivity index (χ2n) is 7.33. The molecule has 0 N–H and O–H groups in total. The summed E-state index contributed by atoms with van der Waals surface area (Å²) in [5.74, 6) is 1.37. The second kappa shape index (κ2) is 11.3. The van der Waals surface area contributed by atoms with Crippen molar-refractivity contribution >= 4 is 45.2 Å². The van der Waals surface area contributed by atoms with Gasteiger partial charge in [0.25, 0.3) is 0 Å². The highest BCUT2D eigenvalue weighted by Crippen LogP contribution is 2.22. The van der Waals surface area contributed by atoms with Crippen LogP contribution in [-0.2, 0) is 26.6 Å². The van der Waals surface area contributed by atoms with Gasteiger partial charge in [0.2, 0.25) is 5.91 Å². The molecule has 0 bridgehead atoms. The number of esters is 1. The zero-order valence-corrected chi connectivity index (χ0v) is 19.9. The van der Waals surface area contributed by atoms with E-state index in [4.69, 9.17) is 4.74 Å². The zero-order valence-electron chi connectivity index (χ0n) is 18.2. The van der Waals surface area contributed by atoms with E-state index in [9.17, 15) is 9.59 Å². The summed E-state index contributed by atoms with van der Waals surface area (Å²) in [5.41, 5.74) is 4.51. The number of hydrogen-bond donors (Lipinski definition) is 0. The Kier molecular flexibility index (Phi) is 8.49. The highest BCUT2D eigenvalue weighted by Gasteiger charge is 2.13. The molecule has 0 unspecified atom stereocenters. The SMILES string of the molecule is CCOC(=O)Cn1c(=NC(=O)CCCSCc2ccccc2)sc2cc(C)c(C)cc21. The number of fused-ring (bicyclic) bond motifs is 1. The average Bonchev–Trinajstić information content (AvgIpc) is 3.05. The second-order valence-corrected chi connectivity index (χ2v) is 9.44. The van der Waals surface area contributed by atoms with Gasteiger partial charge in [-0.25, -0.2) is 0 Å². The Hall–Kier alpha value is -2.38. The van der Waals surface area contributed by atoms with E-state index in [0.29, 0.717) is 17.8 Å². The first-order valence-corrected chi connectivity index (χ1v) is 12.4. The van der Waals surface area contributed by atoms with Gasteiger partial charge in [0, 0.05) is 12.2 Å². The minimum Gasteiger partial charge on any atom is -0.465 e. The summed E-state index contributed by atoms with van der Waals surface area (Å²) < 4.78 is 7.93. The van der Waals surface area contributed by atoms with Crippen molar-refractivity contribution in [3.63, 3.8) is 0 Å². The van der Waals surface area contributed by atoms with E-state index in [0.717, 1.165) is 33.7 Å². The van der Waals surface area contributed by atoms with Crippen molar-refractivity contribution in [3.05, 3.63) is 64.0 Å². The Balaban J connectivity index is 1.70. The van der Waals surface area contributed by atoms with E-state index in [1.54, 1.807) is 11.5 Å². The van der Waals surface area contributed by atoms with Crippen molar-refractivity contribution in [2.75, 3.05) is 12.4 Å². The number of rotatable bonds is 9. The summed E-state index contributed by atoms with van der Waals surface area (Å²) in [6, 6.07) is 14.4. The number of aromatic nitrogens is 1. The minimum absolute atomic E-state index is 0.0510. The minimum atomic E-state index is -0.327. The quantitative estimate of drug-likeness (QED) is 0.335. The summed E-state index contributed by atoms with van der Waals surface area (Å²) in [6.45, 7) is 6.25. The number of carbonyl (C=O) groups is 2. The van der Waals surface area contributed by atoms with Crippen LogP contribution in [0.1, 0.15) is 36.5 Å². The number of thiazole rings is 1. The summed E-state index contributed by atoms with van der Waals surface area (Å²) in [5, 5.41) is 0. The molecule has 0 radical (unpaired) electrons. The molecule has 1 heterocycles. The van der Waals surface area contributed by atoms with Crippen LogP contribution >= 0.6 is 23.1 Å². The molecule has 2 aromatic carbocycles. The molecule has 0 saturated carbocycles. The van der Waals surface area contributed by atoms with Gasteiger partial charge in [-0.1, -0.05) is 41.7 Å². The first-order valence-electron chi connectivity index (χ1n) is 10.4. The summed E-state index contributed by atoms with van der Waals surface area (Å²) in [7, 11) is 0. The maximum atomic E-state index is 12.5. The number of thioether (sulfide) groups is 1. The van der Waals surface area contributed by atoms with Gasteiger partial charge in [0.05, 0.1) is 16.8 Å². The number of ether oxygens (including phenoxy) is 1. The molecule has 1 aromatic heterocycles. The monoisotopic (exact) mass is 456 g/mol. The van der Waals surface area contributed by atoms with Gasteiger partial charge in [-0.05, 0) is 61.8 Å². The molecule has 0 fully saturated rings. The van der Waals surface area contributed by atoms with Crippen molar-refractivity contribution in [3.8, 4) is 0 Å². The molecule has 164 valence electrons. The van der Waals surface area contributed by atoms with Crippen LogP contribution in [0.5, 0.6) is 0 Å². The van der Waals surface area contributed by atoms with Crippen molar-refractivity contribution < 1.29 is 14.3 Å². The lowest BCUT2D eigenvalue weighted by molar-refractivity contribution is -0.143. The van der Waals surface area contributed by atoms with Crippen molar-refractivity contribution in [2.24, 2.45) is 4.99 Å². The van der Waals surface area contributed by atoms with Crippen LogP contribution in [0.25, 0.3) is 10.2 Å². The zero-order chi connectivity index (χ0) is 22.2. The number of nitrogens with zero attached hydrogens (tertiary/aromatic N) is 2. The largest absolute Gasteiger partial charge is 0.465 e. The fraction of sp³-hybridized carbons (Fsp3) is 0.375. The molecule has 0 saturated heterocycles. The van der Waals surface area contributed by atoms with Crippen molar-refractivity contribution in [1.29, 1.82) is 0 Å². The molecular weight excluding hydrogens is 428 g/mol. The van der Waals surface area contributed by atoms with Crippen LogP contribution in [0.15, 0.2) is 47.5 Å². The lowest BCUT2D eigenvalue weighted by atomic mass is 10.1. The molecule has 3 aromatic rings. The lowest BCUT2D eigenvalue weighted by Gasteiger charge is -2.06. The molecule has 3 rings (SSSR count). The fourth-order valence-corrected chi connectivity index (χ4v) is 5.20. The van der Waals surface area contributed by atoms with Crippen molar-refractivity contribution in [1.82, 2.24) is 4.57 Å². The first-order chi connectivity index (χ1) is 15.0. The van der Waals surface area contributed by atoms with E-state index >= 15 is 0 Å². The summed E-state index contributed by atoms with van der Waals surface area (Å²) in [6.07, 6.45) is 1.17. The average molecular weight is 457 g/mol. The van der Waals surface area contributed by atoms with E-state index in [1.165, 1.54) is 22.5 Å². The number of benzene rings is 2. The van der Waals surface area contributed by atoms with Crippen LogP contribution < -0.4 is 4.80 Å². The molecule has 7 heteroatoms. The standard InChI is InChI=1S/C24H28N2O3S2/c1-4-29-23(28)15-26-20-13-17(2)18(3)14-21(20)31-24(26)25-22(27)11-8-12-30-16-19-9-6-5-7-10-19/h5-7,9-10,13-14H,4,8,11-12,15-16H2,1-3H3. The van der Waals surface area contributed by atoms with Crippen LogP contribution in [-0.4, -0.2) is 28.8 Å². The lowest BCUT2D eigenvalue weighted by Crippen LogP contribution is -2.23. The van der Waals surface area contributed by atoms with E-state index in [-0.39, 0.29) is 18.4 Å². The number of aryl methyl sites for hydroxylation is 2. The molecule has 0 spiro atoms. The molecule has 0 aliphatic heterocycles. The normalized spacial score (nSPS) is 11.8. The number of amides is 1. The van der Waals surface area contributed by atoms with E-state index < -0.39 is 0 Å². The third-order valence-electron chi connectivity index (χ3n) is 4.90. The van der Waals surface area contributed by atoms with Gasteiger partial charge in [-0.15, -0.1) is 0 Å². The molecule has 1 amide bonds. The van der Waals surface area contributed by atoms with E-state index in [1.807, 2.05) is 43.0 Å². The third kappa shape index (κ3) is 6.55. The van der Waals surface area contributed by atoms with Gasteiger partial charge < -0.3 is 9.30 Å². The van der Waals surface area contributed by atoms with Gasteiger partial charge in [0.15, 0.2) is 4.80 Å². The maximum Gasteiger partial charge on any atom is 0.326 e. The smallest absolute Gasteiger partial charge is 0.326 e. The van der Waals surface area contributed by atoms with Crippen LogP contribution in [0.2, 0.25) is 0 Å². The Morgan fingerprint density at radius 2 is 1.87 bits per heavy atom. The molecular formula is C24H28N2O3S2. The van der Waals surface area contributed by atoms with E-state index in [2.05, 4.69) is 30.1 Å². The maximum absolute atomic E-state index is 12.5. The number of carbonyl (C=O) groups excluding carboxylic acids is 2. The highest BCUT2D eigenvalue weighted by atomic mass is 32.2. The fourth-order valence-electron chi connectivity index (χ4n) is 3.15. The van der Waals surface area contributed by atoms with Gasteiger partial charge in [-0.3, -0.25) is 9.59 Å². The van der Waals surface area contributed by atoms with Crippen molar-refractivity contribution in [2.45, 2.75) is 45.9 Å². The Labute approximate surface area is 191 Å². The van der Waals surface area contributed by atoms with Gasteiger partial charge >= 0.3 is 5.97 Å². The Morgan fingerprint density at radius 1 is 1.13 bits per heavy atom. The molecule has 0 aliphatic rings. The topological polar surface area (TPSA) is 60.7 Å². The highest BCUT2D eigenvalue weighted by molar-refractivity contribution is 7.98. The predicted molar refractivity (Wildman–Crippen MR) is 128 cm³/mol. The summed E-state index contributed by atoms with van der Waals surface area (Å²) in [4.78, 5) is 29.6. The molecule has 0 aliphatic carbocycles. The first kappa shape index (κ1) is 23.3. The van der Waals surface area contributed by atoms with Gasteiger partial charge in [0.1, 0.15) is 6.54 Å². The van der Waals surface area contributed by atoms with Crippen LogP contribution in [0.4, 0.5) is 0 Å². The predicted octanol–water partition coefficient (Wildman–Crippen LogP) is 5.02.